The predicted molar refractivity (Wildman–Crippen MR) is 62.2 cm³/mol. The van der Waals surface area contributed by atoms with Crippen LogP contribution in [0.1, 0.15) is 25.3 Å². The molecule has 0 fully saturated rings. The Morgan fingerprint density at radius 3 is 3.07 bits per heavy atom. The minimum atomic E-state index is 0.0606. The second-order valence-corrected chi connectivity index (χ2v) is 3.91. The van der Waals surface area contributed by atoms with Gasteiger partial charge in [0.15, 0.2) is 0 Å². The third-order valence-corrected chi connectivity index (χ3v) is 2.92. The van der Waals surface area contributed by atoms with Crippen molar-refractivity contribution >= 4 is 11.5 Å². The molecule has 1 aromatic rings. The average molecular weight is 207 g/mol. The number of hydrogen-bond acceptors (Lipinski definition) is 3. The van der Waals surface area contributed by atoms with Crippen LogP contribution in [0.2, 0.25) is 0 Å². The molecular formula is C11H17N3O. The van der Waals surface area contributed by atoms with Crippen LogP contribution in [0, 0.1) is 0 Å². The zero-order valence-electron chi connectivity index (χ0n) is 9.05. The molecule has 0 amide bonds. The van der Waals surface area contributed by atoms with E-state index in [0.717, 1.165) is 49.4 Å². The Morgan fingerprint density at radius 1 is 1.53 bits per heavy atom. The van der Waals surface area contributed by atoms with Crippen molar-refractivity contribution in [3.05, 3.63) is 22.0 Å². The summed E-state index contributed by atoms with van der Waals surface area (Å²) in [7, 11) is 0. The first kappa shape index (κ1) is 10.1. The maximum atomic E-state index is 11.8. The molecule has 4 heteroatoms. The number of rotatable bonds is 1. The van der Waals surface area contributed by atoms with E-state index in [0.29, 0.717) is 0 Å². The van der Waals surface area contributed by atoms with E-state index in [1.807, 2.05) is 6.92 Å². The largest absolute Gasteiger partial charge is 0.396 e. The molecule has 0 bridgehead atoms. The third kappa shape index (κ3) is 1.71. The van der Waals surface area contributed by atoms with E-state index in [-0.39, 0.29) is 5.56 Å². The monoisotopic (exact) mass is 207 g/mol. The normalized spacial score (nSPS) is 15.3. The lowest BCUT2D eigenvalue weighted by Crippen LogP contribution is -2.23. The third-order valence-electron chi connectivity index (χ3n) is 2.92. The van der Waals surface area contributed by atoms with Gasteiger partial charge < -0.3 is 11.1 Å². The summed E-state index contributed by atoms with van der Waals surface area (Å²) in [5.41, 5.74) is 7.77. The fourth-order valence-electron chi connectivity index (χ4n) is 2.02. The number of anilines is 2. The van der Waals surface area contributed by atoms with Gasteiger partial charge >= 0.3 is 0 Å². The van der Waals surface area contributed by atoms with Gasteiger partial charge in [-0.2, -0.15) is 0 Å². The fourth-order valence-corrected chi connectivity index (χ4v) is 2.02. The zero-order chi connectivity index (χ0) is 10.8. The molecule has 82 valence electrons. The zero-order valence-corrected chi connectivity index (χ0v) is 9.05. The first-order valence-corrected chi connectivity index (χ1v) is 5.50. The fraction of sp³-hybridized carbons (Fsp3) is 0.545. The number of nitrogens with zero attached hydrogens (tertiary/aromatic N) is 1. The second kappa shape index (κ2) is 3.96. The number of aryl methyl sites for hydroxylation is 1. The summed E-state index contributed by atoms with van der Waals surface area (Å²) in [6.45, 7) is 3.69. The number of nitrogen functional groups attached to an aromatic ring is 1. The second-order valence-electron chi connectivity index (χ2n) is 3.91. The van der Waals surface area contributed by atoms with Crippen LogP contribution in [0.4, 0.5) is 11.5 Å². The summed E-state index contributed by atoms with van der Waals surface area (Å²) in [6.07, 6.45) is 2.92. The van der Waals surface area contributed by atoms with Crippen LogP contribution in [-0.2, 0) is 13.0 Å². The summed E-state index contributed by atoms with van der Waals surface area (Å²) in [5, 5.41) is 3.25. The molecule has 0 aliphatic carbocycles. The first-order valence-electron chi connectivity index (χ1n) is 5.50. The van der Waals surface area contributed by atoms with E-state index in [2.05, 4.69) is 5.32 Å². The number of nitrogens with two attached hydrogens (primary N) is 1. The van der Waals surface area contributed by atoms with Crippen LogP contribution in [0.15, 0.2) is 10.9 Å². The van der Waals surface area contributed by atoms with Gasteiger partial charge in [0.25, 0.3) is 5.56 Å². The number of nitrogens with one attached hydrogen (secondary N) is 1. The molecule has 2 rings (SSSR count). The van der Waals surface area contributed by atoms with Gasteiger partial charge in [-0.25, -0.2) is 0 Å². The molecule has 0 spiro atoms. The Labute approximate surface area is 89.1 Å². The molecule has 0 unspecified atom stereocenters. The molecule has 4 nitrogen and oxygen atoms in total. The van der Waals surface area contributed by atoms with Crippen molar-refractivity contribution in [2.45, 2.75) is 32.7 Å². The maximum Gasteiger partial charge on any atom is 0.252 e. The van der Waals surface area contributed by atoms with Gasteiger partial charge in [0.05, 0.1) is 5.69 Å². The van der Waals surface area contributed by atoms with E-state index in [1.165, 1.54) is 0 Å². The van der Waals surface area contributed by atoms with Gasteiger partial charge in [-0.15, -0.1) is 0 Å². The molecule has 2 heterocycles. The number of fused-ring (bicyclic) bond motifs is 1. The lowest BCUT2D eigenvalue weighted by Gasteiger charge is -2.15. The van der Waals surface area contributed by atoms with E-state index in [1.54, 1.807) is 10.6 Å². The van der Waals surface area contributed by atoms with Crippen molar-refractivity contribution in [3.8, 4) is 0 Å². The SMILES string of the molecule is CCc1cc(=O)n2c(c1N)NCCCC2. The first-order chi connectivity index (χ1) is 7.24. The Hall–Kier alpha value is -1.45. The van der Waals surface area contributed by atoms with E-state index in [9.17, 15) is 4.79 Å². The molecule has 1 aliphatic heterocycles. The molecule has 0 radical (unpaired) electrons. The van der Waals surface area contributed by atoms with Crippen LogP contribution in [-0.4, -0.2) is 11.1 Å². The average Bonchev–Trinajstić information content (AvgIpc) is 2.49. The summed E-state index contributed by atoms with van der Waals surface area (Å²) in [6, 6.07) is 1.66. The molecular weight excluding hydrogens is 190 g/mol. The smallest absolute Gasteiger partial charge is 0.252 e. The highest BCUT2D eigenvalue weighted by Gasteiger charge is 2.13. The van der Waals surface area contributed by atoms with Gasteiger partial charge in [0, 0.05) is 19.2 Å². The summed E-state index contributed by atoms with van der Waals surface area (Å²) in [5.74, 6) is 0.817. The van der Waals surface area contributed by atoms with E-state index >= 15 is 0 Å². The molecule has 15 heavy (non-hydrogen) atoms. The lowest BCUT2D eigenvalue weighted by molar-refractivity contribution is 0.637. The van der Waals surface area contributed by atoms with Crippen molar-refractivity contribution in [3.63, 3.8) is 0 Å². The van der Waals surface area contributed by atoms with Crippen molar-refractivity contribution < 1.29 is 0 Å². The maximum absolute atomic E-state index is 11.8. The standard InChI is InChI=1S/C11H17N3O/c1-2-8-7-9(15)14-6-4-3-5-13-11(14)10(8)12/h7,13H,2-6,12H2,1H3. The quantitative estimate of drug-likeness (QED) is 0.727. The molecule has 3 N–H and O–H groups in total. The van der Waals surface area contributed by atoms with Crippen LogP contribution in [0.3, 0.4) is 0 Å². The Balaban J connectivity index is 2.60. The molecule has 0 saturated carbocycles. The minimum absolute atomic E-state index is 0.0606. The van der Waals surface area contributed by atoms with Crippen molar-refractivity contribution in [1.82, 2.24) is 4.57 Å². The van der Waals surface area contributed by atoms with Crippen LogP contribution in [0.5, 0.6) is 0 Å². The highest BCUT2D eigenvalue weighted by atomic mass is 16.1. The van der Waals surface area contributed by atoms with Crippen molar-refractivity contribution in [2.24, 2.45) is 0 Å². The minimum Gasteiger partial charge on any atom is -0.396 e. The Morgan fingerprint density at radius 2 is 2.33 bits per heavy atom. The van der Waals surface area contributed by atoms with Crippen LogP contribution >= 0.6 is 0 Å². The van der Waals surface area contributed by atoms with Gasteiger partial charge in [-0.1, -0.05) is 6.92 Å². The Kier molecular flexibility index (Phi) is 2.66. The highest BCUT2D eigenvalue weighted by molar-refractivity contribution is 5.66. The number of aromatic nitrogens is 1. The topological polar surface area (TPSA) is 60.0 Å². The highest BCUT2D eigenvalue weighted by Crippen LogP contribution is 2.23. The van der Waals surface area contributed by atoms with Gasteiger partial charge in [0.2, 0.25) is 0 Å². The predicted octanol–water partition coefficient (Wildman–Crippen LogP) is 1.20. The van der Waals surface area contributed by atoms with Crippen LogP contribution in [0.25, 0.3) is 0 Å². The molecule has 0 aromatic carbocycles. The number of hydrogen-bond donors (Lipinski definition) is 2. The van der Waals surface area contributed by atoms with Gasteiger partial charge in [-0.05, 0) is 24.8 Å². The summed E-state index contributed by atoms with van der Waals surface area (Å²) in [4.78, 5) is 11.8. The molecule has 0 atom stereocenters. The summed E-state index contributed by atoms with van der Waals surface area (Å²) >= 11 is 0. The van der Waals surface area contributed by atoms with Crippen molar-refractivity contribution in [2.75, 3.05) is 17.6 Å². The summed E-state index contributed by atoms with van der Waals surface area (Å²) < 4.78 is 1.75. The molecule has 1 aromatic heterocycles. The van der Waals surface area contributed by atoms with E-state index in [4.69, 9.17) is 5.73 Å². The van der Waals surface area contributed by atoms with E-state index < -0.39 is 0 Å². The lowest BCUT2D eigenvalue weighted by atomic mass is 10.1. The molecule has 0 saturated heterocycles. The Bertz CT molecular complexity index is 423. The van der Waals surface area contributed by atoms with Gasteiger partial charge in [-0.3, -0.25) is 9.36 Å². The van der Waals surface area contributed by atoms with Crippen LogP contribution < -0.4 is 16.6 Å². The van der Waals surface area contributed by atoms with Gasteiger partial charge in [0.1, 0.15) is 5.82 Å². The molecule has 1 aliphatic rings. The number of pyridine rings is 1. The van der Waals surface area contributed by atoms with Crippen molar-refractivity contribution in [1.29, 1.82) is 0 Å².